The molecule has 0 unspecified atom stereocenters. The Kier molecular flexibility index (Phi) is 19.8. The number of benzene rings is 3. The van der Waals surface area contributed by atoms with Crippen LogP contribution in [-0.2, 0) is 40.3 Å². The van der Waals surface area contributed by atoms with E-state index in [0.717, 1.165) is 22.3 Å². The van der Waals surface area contributed by atoms with Gasteiger partial charge in [-0.3, -0.25) is 33.7 Å². The van der Waals surface area contributed by atoms with Crippen LogP contribution in [0.15, 0.2) is 147 Å². The number of aromatic amines is 2. The molecule has 8 rings (SSSR count). The van der Waals surface area contributed by atoms with E-state index in [1.165, 1.54) is 40.8 Å². The van der Waals surface area contributed by atoms with E-state index in [9.17, 15) is 24.4 Å². The van der Waals surface area contributed by atoms with Crippen LogP contribution >= 0.6 is 7.29 Å². The normalized spacial score (nSPS) is 21.4. The lowest BCUT2D eigenvalue weighted by Gasteiger charge is -2.44. The highest BCUT2D eigenvalue weighted by molar-refractivity contribution is 7.62. The summed E-state index contributed by atoms with van der Waals surface area (Å²) in [6, 6.07) is 33.2. The number of ether oxygens (including phenoxy) is 7. The summed E-state index contributed by atoms with van der Waals surface area (Å²) in [6.07, 6.45) is 2.07. The van der Waals surface area contributed by atoms with E-state index in [1.54, 1.807) is 33.7 Å². The molecule has 426 valence electrons. The first-order valence-corrected chi connectivity index (χ1v) is 28.7. The zero-order valence-electron chi connectivity index (χ0n) is 46.6. The minimum absolute atomic E-state index is 0.0183. The minimum Gasteiger partial charge on any atom is -0.497 e. The Morgan fingerprint density at radius 2 is 1.21 bits per heavy atom. The number of hydrogen-bond acceptors (Lipinski definition) is 15. The van der Waals surface area contributed by atoms with Gasteiger partial charge in [0.1, 0.15) is 29.3 Å². The molecule has 0 amide bonds. The molecule has 2 saturated heterocycles. The largest absolute Gasteiger partial charge is 0.497 e. The molecule has 5 heterocycles. The van der Waals surface area contributed by atoms with Gasteiger partial charge in [0, 0.05) is 94.4 Å². The van der Waals surface area contributed by atoms with Gasteiger partial charge in [-0.15, -0.1) is 0 Å². The zero-order chi connectivity index (χ0) is 57.1. The van der Waals surface area contributed by atoms with Crippen molar-refractivity contribution in [3.05, 3.63) is 192 Å². The minimum atomic E-state index is -3.34. The standard InChI is InChI=1S/C59H73N8O12P/c1-39(2)80(72,40(3)4)67(32-12-29-60)52-48(78-56(54(52)76-8)66-36-28-51(69)63-58(66)71)37-64(33-25-41-23-30-61-31-24-41)34-26-47-49(79-55(53(47)75-7)65-35-27-50(68)62-57(65)70)38-77-59(42-13-10-9-11-14-42,43-15-19-45(73-5)20-16-43)44-17-21-46(74-6)22-18-44/h9-11,13-24,27-28,30-31,35-36,39-40,47-49,52-56H,12,25-26,32-34,37-38H2,1-8H3,(H,62,68,70)(H,63,69,71)/t47-,48-,49-,52-,53-,54-,55-,56-/m1/s1. The lowest BCUT2D eigenvalue weighted by atomic mass is 9.79. The van der Waals surface area contributed by atoms with E-state index in [4.69, 9.17) is 33.2 Å². The molecule has 20 nitrogen and oxygen atoms in total. The van der Waals surface area contributed by atoms with Crippen LogP contribution in [0.3, 0.4) is 0 Å². The third-order valence-corrected chi connectivity index (χ3v) is 19.8. The van der Waals surface area contributed by atoms with Crippen molar-refractivity contribution in [1.82, 2.24) is 33.7 Å². The summed E-state index contributed by atoms with van der Waals surface area (Å²) in [6.45, 7) is 8.89. The maximum Gasteiger partial charge on any atom is 0.330 e. The number of nitriles is 1. The Balaban J connectivity index is 1.22. The summed E-state index contributed by atoms with van der Waals surface area (Å²) in [5.74, 6) is 0.847. The lowest BCUT2D eigenvalue weighted by Crippen LogP contribution is -2.52. The Morgan fingerprint density at radius 1 is 0.688 bits per heavy atom. The first kappa shape index (κ1) is 59.3. The van der Waals surface area contributed by atoms with Crippen LogP contribution in [-0.4, -0.2) is 137 Å². The van der Waals surface area contributed by atoms with Crippen LogP contribution in [0.1, 0.15) is 75.2 Å². The maximum absolute atomic E-state index is 15.7. The van der Waals surface area contributed by atoms with Gasteiger partial charge in [0.2, 0.25) is 0 Å². The molecule has 6 aromatic rings. The second kappa shape index (κ2) is 26.7. The number of aromatic nitrogens is 5. The quantitative estimate of drug-likeness (QED) is 0.0432. The molecule has 0 aliphatic carbocycles. The van der Waals surface area contributed by atoms with Crippen LogP contribution < -0.4 is 32.0 Å². The SMILES string of the molecule is COc1ccc(C(OC[C@H]2O[C@@H](n3ccc(=O)[nH]c3=O)[C@H](OC)[C@@H]2CCN(CCc2ccncc2)C[C@H]2O[C@@H](n3ccc(=O)[nH]c3=O)[C@H](OC)[C@@H]2N(CCC#N)P(=O)(C(C)C)C(C)C)(c2ccccc2)c2ccc(OC)cc2)cc1. The highest BCUT2D eigenvalue weighted by Gasteiger charge is 2.55. The van der Waals surface area contributed by atoms with Gasteiger partial charge in [-0.1, -0.05) is 82.3 Å². The molecular formula is C59H73N8O12P. The van der Waals surface area contributed by atoms with Gasteiger partial charge in [0.05, 0.1) is 45.1 Å². The average molecular weight is 1120 g/mol. The fourth-order valence-corrected chi connectivity index (χ4v) is 15.1. The summed E-state index contributed by atoms with van der Waals surface area (Å²) < 4.78 is 65.6. The van der Waals surface area contributed by atoms with Gasteiger partial charge < -0.3 is 42.6 Å². The van der Waals surface area contributed by atoms with Gasteiger partial charge in [-0.2, -0.15) is 5.26 Å². The monoisotopic (exact) mass is 1120 g/mol. The molecular weight excluding hydrogens is 1040 g/mol. The number of methoxy groups -OCH3 is 4. The van der Waals surface area contributed by atoms with E-state index in [-0.39, 0.29) is 37.4 Å². The number of nitrogens with zero attached hydrogens (tertiary/aromatic N) is 6. The number of pyridine rings is 1. The highest BCUT2D eigenvalue weighted by Crippen LogP contribution is 2.61. The van der Waals surface area contributed by atoms with E-state index < -0.39 is 84.2 Å². The molecule has 21 heteroatoms. The summed E-state index contributed by atoms with van der Waals surface area (Å²) in [4.78, 5) is 63.4. The third kappa shape index (κ3) is 12.6. The average Bonchev–Trinajstić information content (AvgIpc) is 4.08. The Bertz CT molecular complexity index is 3230. The van der Waals surface area contributed by atoms with E-state index in [0.29, 0.717) is 37.4 Å². The summed E-state index contributed by atoms with van der Waals surface area (Å²) in [7, 11) is 2.97. The highest BCUT2D eigenvalue weighted by atomic mass is 31.2. The predicted octanol–water partition coefficient (Wildman–Crippen LogP) is 6.56. The predicted molar refractivity (Wildman–Crippen MR) is 301 cm³/mol. The van der Waals surface area contributed by atoms with E-state index >= 15 is 4.57 Å². The van der Waals surface area contributed by atoms with Crippen molar-refractivity contribution in [2.45, 2.75) is 107 Å². The van der Waals surface area contributed by atoms with Crippen molar-refractivity contribution < 1.29 is 37.7 Å². The molecule has 2 fully saturated rings. The second-order valence-corrected chi connectivity index (χ2v) is 24.6. The first-order valence-electron chi connectivity index (χ1n) is 26.9. The molecule has 2 aliphatic rings. The fourth-order valence-electron chi connectivity index (χ4n) is 11.6. The molecule has 3 aromatic heterocycles. The van der Waals surface area contributed by atoms with Crippen molar-refractivity contribution in [1.29, 1.82) is 5.26 Å². The van der Waals surface area contributed by atoms with Crippen molar-refractivity contribution >= 4 is 7.29 Å². The molecule has 0 spiro atoms. The van der Waals surface area contributed by atoms with E-state index in [1.807, 2.05) is 123 Å². The van der Waals surface area contributed by atoms with Gasteiger partial charge in [-0.25, -0.2) is 14.3 Å². The number of rotatable bonds is 26. The number of H-pyrrole nitrogens is 2. The lowest BCUT2D eigenvalue weighted by molar-refractivity contribution is -0.0932. The summed E-state index contributed by atoms with van der Waals surface area (Å²) in [5, 5.41) is 10.1. The fraction of sp³-hybridized carbons (Fsp3) is 0.458. The number of hydrogen-bond donors (Lipinski definition) is 2. The van der Waals surface area contributed by atoms with Crippen LogP contribution in [0.25, 0.3) is 0 Å². The van der Waals surface area contributed by atoms with Gasteiger partial charge >= 0.3 is 11.4 Å². The topological polar surface area (TPSA) is 235 Å². The molecule has 80 heavy (non-hydrogen) atoms. The second-order valence-electron chi connectivity index (χ2n) is 20.7. The van der Waals surface area contributed by atoms with Gasteiger partial charge in [0.15, 0.2) is 19.7 Å². The van der Waals surface area contributed by atoms with Crippen molar-refractivity contribution in [3.63, 3.8) is 0 Å². The van der Waals surface area contributed by atoms with Crippen LogP contribution in [0.4, 0.5) is 0 Å². The first-order chi connectivity index (χ1) is 38.6. The summed E-state index contributed by atoms with van der Waals surface area (Å²) in [5.41, 5.74) is -0.965. The Hall–Kier alpha value is -6.79. The number of nitrogens with one attached hydrogen (secondary N) is 2. The molecule has 3 aromatic carbocycles. The smallest absolute Gasteiger partial charge is 0.330 e. The Morgan fingerprint density at radius 3 is 1.71 bits per heavy atom. The molecule has 8 atom stereocenters. The summed E-state index contributed by atoms with van der Waals surface area (Å²) >= 11 is 0. The van der Waals surface area contributed by atoms with Crippen LogP contribution in [0, 0.1) is 17.2 Å². The van der Waals surface area contributed by atoms with Crippen molar-refractivity contribution in [3.8, 4) is 17.6 Å². The van der Waals surface area contributed by atoms with Crippen LogP contribution in [0.2, 0.25) is 0 Å². The zero-order valence-corrected chi connectivity index (χ0v) is 47.5. The molecule has 0 radical (unpaired) electrons. The Labute approximate surface area is 465 Å². The van der Waals surface area contributed by atoms with E-state index in [2.05, 4.69) is 25.9 Å². The molecule has 2 aliphatic heterocycles. The van der Waals surface area contributed by atoms with Gasteiger partial charge in [-0.05, 0) is 78.0 Å². The molecule has 0 saturated carbocycles. The van der Waals surface area contributed by atoms with Crippen molar-refractivity contribution in [2.24, 2.45) is 5.92 Å². The van der Waals surface area contributed by atoms with Crippen LogP contribution in [0.5, 0.6) is 11.5 Å². The van der Waals surface area contributed by atoms with Crippen molar-refractivity contribution in [2.75, 3.05) is 61.2 Å². The maximum atomic E-state index is 15.7. The third-order valence-electron chi connectivity index (χ3n) is 15.6. The molecule has 2 N–H and O–H groups in total. The van der Waals surface area contributed by atoms with Gasteiger partial charge in [0.25, 0.3) is 11.1 Å². The molecule has 0 bridgehead atoms.